The second-order valence-corrected chi connectivity index (χ2v) is 7.45. The van der Waals surface area contributed by atoms with E-state index >= 15 is 0 Å². The minimum absolute atomic E-state index is 0.0353. The molecule has 2 nitrogen and oxygen atoms in total. The van der Waals surface area contributed by atoms with Crippen LogP contribution in [0.1, 0.15) is 43.4 Å². The zero-order valence-electron chi connectivity index (χ0n) is 16.0. The molecule has 0 saturated heterocycles. The quantitative estimate of drug-likeness (QED) is 0.372. The van der Waals surface area contributed by atoms with Gasteiger partial charge in [-0.2, -0.15) is 8.78 Å². The van der Waals surface area contributed by atoms with Crippen molar-refractivity contribution in [2.75, 3.05) is 5.73 Å². The molecule has 2 aromatic rings. The molecule has 0 radical (unpaired) electrons. The van der Waals surface area contributed by atoms with Crippen LogP contribution in [0.3, 0.4) is 0 Å². The van der Waals surface area contributed by atoms with Crippen molar-refractivity contribution >= 4 is 41.4 Å². The molecular formula is C21H28F2N2P2. The first-order valence-electron chi connectivity index (χ1n) is 8.77. The average Bonchev–Trinajstić information content (AvgIpc) is 2.61. The Kier molecular flexibility index (Phi) is 9.77. The maximum Gasteiger partial charge on any atom is 0.283 e. The number of unbranched alkanes of at least 4 members (excludes halogenated alkanes) is 1. The second-order valence-electron chi connectivity index (χ2n) is 6.11. The lowest BCUT2D eigenvalue weighted by Crippen LogP contribution is -2.01. The van der Waals surface area contributed by atoms with Crippen molar-refractivity contribution in [1.82, 2.24) is 0 Å². The fourth-order valence-electron chi connectivity index (χ4n) is 2.12. The molecule has 2 atom stereocenters. The van der Waals surface area contributed by atoms with Crippen LogP contribution in [0.4, 0.5) is 14.5 Å². The number of anilines is 1. The third-order valence-electron chi connectivity index (χ3n) is 3.74. The number of hydrogen-bond acceptors (Lipinski definition) is 2. The highest BCUT2D eigenvalue weighted by Gasteiger charge is 2.23. The van der Waals surface area contributed by atoms with E-state index in [1.807, 2.05) is 44.3 Å². The lowest BCUT2D eigenvalue weighted by Gasteiger charge is -2.09. The highest BCUT2D eigenvalue weighted by atomic mass is 31.0. The lowest BCUT2D eigenvalue weighted by molar-refractivity contribution is 0.104. The van der Waals surface area contributed by atoms with Gasteiger partial charge in [0.2, 0.25) is 0 Å². The number of benzene rings is 2. The van der Waals surface area contributed by atoms with Gasteiger partial charge in [0.25, 0.3) is 5.66 Å². The SMILES string of the molecule is C/C=C(\N=CCCC)c1ccc(N)c(P)c1.Cc1ccc(C(F)(F)P)cc1. The van der Waals surface area contributed by atoms with Gasteiger partial charge in [0.1, 0.15) is 0 Å². The van der Waals surface area contributed by atoms with E-state index in [9.17, 15) is 8.78 Å². The molecule has 0 bridgehead atoms. The van der Waals surface area contributed by atoms with Crippen molar-refractivity contribution in [1.29, 1.82) is 0 Å². The Labute approximate surface area is 165 Å². The molecule has 0 spiro atoms. The van der Waals surface area contributed by atoms with Crippen LogP contribution >= 0.6 is 18.5 Å². The van der Waals surface area contributed by atoms with Gasteiger partial charge >= 0.3 is 0 Å². The maximum atomic E-state index is 12.5. The van der Waals surface area contributed by atoms with Gasteiger partial charge in [-0.05, 0) is 37.7 Å². The fraction of sp³-hybridized carbons (Fsp3) is 0.286. The summed E-state index contributed by atoms with van der Waals surface area (Å²) in [6, 6.07) is 12.2. The second kappa shape index (κ2) is 11.3. The van der Waals surface area contributed by atoms with E-state index in [2.05, 4.69) is 21.2 Å². The van der Waals surface area contributed by atoms with E-state index in [0.717, 1.165) is 40.7 Å². The Morgan fingerprint density at radius 1 is 1.19 bits per heavy atom. The minimum atomic E-state index is -2.80. The summed E-state index contributed by atoms with van der Waals surface area (Å²) in [5.41, 5.74) is 6.90. The van der Waals surface area contributed by atoms with Gasteiger partial charge in [-0.25, -0.2) is 0 Å². The largest absolute Gasteiger partial charge is 0.398 e. The summed E-state index contributed by atoms with van der Waals surface area (Å²) < 4.78 is 25.1. The van der Waals surface area contributed by atoms with E-state index in [4.69, 9.17) is 5.73 Å². The Balaban J connectivity index is 0.000000289. The molecule has 2 aromatic carbocycles. The van der Waals surface area contributed by atoms with Gasteiger partial charge in [-0.1, -0.05) is 64.6 Å². The molecule has 0 aliphatic rings. The molecule has 0 aliphatic carbocycles. The Hall–Kier alpha value is -1.63. The summed E-state index contributed by atoms with van der Waals surface area (Å²) in [5.74, 6) is 0. The molecule has 0 fully saturated rings. The summed E-state index contributed by atoms with van der Waals surface area (Å²) in [5, 5.41) is 1.02. The predicted octanol–water partition coefficient (Wildman–Crippen LogP) is 5.92. The van der Waals surface area contributed by atoms with E-state index in [0.29, 0.717) is 0 Å². The third kappa shape index (κ3) is 8.28. The molecule has 0 saturated carbocycles. The summed E-state index contributed by atoms with van der Waals surface area (Å²) in [7, 11) is 4.15. The molecule has 0 aliphatic heterocycles. The number of aliphatic imine (C=N–C) groups is 1. The number of rotatable bonds is 5. The normalized spacial score (nSPS) is 12.0. The highest BCUT2D eigenvalue weighted by molar-refractivity contribution is 7.28. The molecule has 2 unspecified atom stereocenters. The van der Waals surface area contributed by atoms with Crippen LogP contribution in [0.5, 0.6) is 0 Å². The van der Waals surface area contributed by atoms with Crippen molar-refractivity contribution < 1.29 is 8.78 Å². The van der Waals surface area contributed by atoms with E-state index < -0.39 is 5.66 Å². The molecule has 6 heteroatoms. The number of aryl methyl sites for hydroxylation is 1. The van der Waals surface area contributed by atoms with Crippen LogP contribution in [0.25, 0.3) is 5.70 Å². The fourth-order valence-corrected chi connectivity index (χ4v) is 2.59. The Morgan fingerprint density at radius 2 is 1.81 bits per heavy atom. The summed E-state index contributed by atoms with van der Waals surface area (Å²) >= 11 is 0. The van der Waals surface area contributed by atoms with Crippen molar-refractivity contribution in [2.45, 2.75) is 39.3 Å². The summed E-state index contributed by atoms with van der Waals surface area (Å²) in [6.45, 7) is 6.01. The average molecular weight is 408 g/mol. The molecule has 146 valence electrons. The zero-order valence-corrected chi connectivity index (χ0v) is 18.4. The van der Waals surface area contributed by atoms with Crippen LogP contribution in [0.2, 0.25) is 0 Å². The van der Waals surface area contributed by atoms with Crippen LogP contribution in [-0.4, -0.2) is 6.21 Å². The number of hydrogen-bond donors (Lipinski definition) is 1. The van der Waals surface area contributed by atoms with Crippen molar-refractivity contribution in [3.8, 4) is 0 Å². The number of alkyl halides is 2. The van der Waals surface area contributed by atoms with Gasteiger partial charge in [0.15, 0.2) is 0 Å². The van der Waals surface area contributed by atoms with E-state index in [-0.39, 0.29) is 5.56 Å². The number of nitrogen functional groups attached to an aromatic ring is 1. The third-order valence-corrected chi connectivity index (χ3v) is 4.57. The van der Waals surface area contributed by atoms with Crippen LogP contribution in [-0.2, 0) is 5.66 Å². The minimum Gasteiger partial charge on any atom is -0.398 e. The van der Waals surface area contributed by atoms with Gasteiger partial charge in [0, 0.05) is 23.0 Å². The van der Waals surface area contributed by atoms with Crippen molar-refractivity contribution in [2.24, 2.45) is 4.99 Å². The topological polar surface area (TPSA) is 38.4 Å². The zero-order chi connectivity index (χ0) is 20.4. The predicted molar refractivity (Wildman–Crippen MR) is 122 cm³/mol. The first-order chi connectivity index (χ1) is 12.7. The van der Waals surface area contributed by atoms with Crippen LogP contribution < -0.4 is 11.0 Å². The Bertz CT molecular complexity index is 780. The number of halogens is 2. The monoisotopic (exact) mass is 408 g/mol. The highest BCUT2D eigenvalue weighted by Crippen LogP contribution is 2.34. The standard InChI is InChI=1S/C13H19N2P.C8H9F2P/c1-3-5-8-15-12(4-2)10-6-7-11(14)13(16)9-10;1-6-2-4-7(5-3-6)8(9,10)11/h4,6-9H,3,5,14,16H2,1-2H3;2-5H,11H2,1H3/b12-4-,15-8?;. The molecule has 2 N–H and O–H groups in total. The van der Waals surface area contributed by atoms with E-state index in [1.165, 1.54) is 21.4 Å². The first-order valence-corrected chi connectivity index (χ1v) is 9.92. The van der Waals surface area contributed by atoms with Crippen molar-refractivity contribution in [3.63, 3.8) is 0 Å². The first kappa shape index (κ1) is 23.4. The number of nitrogens with zero attached hydrogens (tertiary/aromatic N) is 1. The van der Waals surface area contributed by atoms with Gasteiger partial charge < -0.3 is 5.73 Å². The van der Waals surface area contributed by atoms with Gasteiger partial charge in [-0.3, -0.25) is 4.99 Å². The molecule has 0 amide bonds. The van der Waals surface area contributed by atoms with Gasteiger partial charge in [0.05, 0.1) is 5.70 Å². The number of nitrogens with two attached hydrogens (primary N) is 1. The Morgan fingerprint density at radius 3 is 2.30 bits per heavy atom. The van der Waals surface area contributed by atoms with Gasteiger partial charge in [-0.15, -0.1) is 9.24 Å². The summed E-state index contributed by atoms with van der Waals surface area (Å²) in [4.78, 5) is 4.46. The summed E-state index contributed by atoms with van der Waals surface area (Å²) in [6.07, 6.45) is 6.12. The lowest BCUT2D eigenvalue weighted by atomic mass is 10.1. The molecule has 0 aromatic heterocycles. The van der Waals surface area contributed by atoms with E-state index in [1.54, 1.807) is 12.1 Å². The van der Waals surface area contributed by atoms with Crippen LogP contribution in [0.15, 0.2) is 53.5 Å². The van der Waals surface area contributed by atoms with Crippen molar-refractivity contribution in [3.05, 3.63) is 65.2 Å². The molecular weight excluding hydrogens is 380 g/mol. The molecule has 27 heavy (non-hydrogen) atoms. The molecule has 0 heterocycles. The molecule has 2 rings (SSSR count). The smallest absolute Gasteiger partial charge is 0.283 e. The number of allylic oxidation sites excluding steroid dienone is 1. The maximum absolute atomic E-state index is 12.5. The van der Waals surface area contributed by atoms with Crippen LogP contribution in [0, 0.1) is 6.92 Å².